The van der Waals surface area contributed by atoms with Crippen molar-refractivity contribution in [2.75, 3.05) is 11.9 Å². The van der Waals surface area contributed by atoms with E-state index in [-0.39, 0.29) is 0 Å². The monoisotopic (exact) mass is 205 g/mol. The molecule has 2 nitrogen and oxygen atoms in total. The number of aliphatic hydroxyl groups is 1. The first-order chi connectivity index (χ1) is 7.06. The summed E-state index contributed by atoms with van der Waals surface area (Å²) in [6.07, 6.45) is 2.91. The van der Waals surface area contributed by atoms with Gasteiger partial charge in [-0.1, -0.05) is 12.1 Å². The fourth-order valence-corrected chi connectivity index (χ4v) is 2.09. The van der Waals surface area contributed by atoms with E-state index >= 15 is 0 Å². The number of anilines is 1. The van der Waals surface area contributed by atoms with Gasteiger partial charge in [-0.15, -0.1) is 0 Å². The van der Waals surface area contributed by atoms with Crippen LogP contribution in [0, 0.1) is 0 Å². The Balaban J connectivity index is 2.12. The molecule has 82 valence electrons. The van der Waals surface area contributed by atoms with Gasteiger partial charge in [0.25, 0.3) is 0 Å². The van der Waals surface area contributed by atoms with Crippen molar-refractivity contribution in [3.63, 3.8) is 0 Å². The topological polar surface area (TPSA) is 32.3 Å². The van der Waals surface area contributed by atoms with Gasteiger partial charge in [0.15, 0.2) is 0 Å². The molecule has 0 aliphatic carbocycles. The van der Waals surface area contributed by atoms with E-state index in [1.54, 1.807) is 0 Å². The average Bonchev–Trinajstić information content (AvgIpc) is 2.61. The summed E-state index contributed by atoms with van der Waals surface area (Å²) in [6.45, 7) is 4.79. The second-order valence-electron chi connectivity index (χ2n) is 4.93. The number of hydrogen-bond donors (Lipinski definition) is 2. The number of benzene rings is 1. The molecule has 1 aliphatic rings. The third kappa shape index (κ3) is 2.51. The molecule has 0 atom stereocenters. The van der Waals surface area contributed by atoms with Crippen LogP contribution in [0.3, 0.4) is 0 Å². The summed E-state index contributed by atoms with van der Waals surface area (Å²) in [5, 5.41) is 13.1. The molecule has 15 heavy (non-hydrogen) atoms. The van der Waals surface area contributed by atoms with E-state index in [0.29, 0.717) is 0 Å². The van der Waals surface area contributed by atoms with Crippen LogP contribution in [0.1, 0.15) is 31.4 Å². The minimum atomic E-state index is -0.561. The van der Waals surface area contributed by atoms with Crippen LogP contribution in [0.4, 0.5) is 5.69 Å². The van der Waals surface area contributed by atoms with E-state index in [1.165, 1.54) is 16.8 Å². The van der Waals surface area contributed by atoms with Gasteiger partial charge >= 0.3 is 0 Å². The van der Waals surface area contributed by atoms with Crippen molar-refractivity contribution in [3.8, 4) is 0 Å². The molecule has 0 bridgehead atoms. The average molecular weight is 205 g/mol. The number of nitrogens with one attached hydrogen (secondary N) is 1. The molecule has 0 unspecified atom stereocenters. The van der Waals surface area contributed by atoms with E-state index in [0.717, 1.165) is 25.8 Å². The molecule has 0 saturated carbocycles. The van der Waals surface area contributed by atoms with Crippen LogP contribution < -0.4 is 5.32 Å². The van der Waals surface area contributed by atoms with Crippen LogP contribution in [-0.4, -0.2) is 17.3 Å². The van der Waals surface area contributed by atoms with Gasteiger partial charge in [-0.05, 0) is 50.3 Å². The highest BCUT2D eigenvalue weighted by molar-refractivity contribution is 5.58. The Kier molecular flexibility index (Phi) is 2.70. The van der Waals surface area contributed by atoms with E-state index in [2.05, 4.69) is 23.5 Å². The van der Waals surface area contributed by atoms with Gasteiger partial charge in [-0.3, -0.25) is 0 Å². The first kappa shape index (κ1) is 10.5. The highest BCUT2D eigenvalue weighted by Crippen LogP contribution is 2.27. The van der Waals surface area contributed by atoms with Gasteiger partial charge in [0.05, 0.1) is 5.60 Å². The van der Waals surface area contributed by atoms with Gasteiger partial charge in [-0.2, -0.15) is 0 Å². The maximum atomic E-state index is 9.71. The Labute approximate surface area is 91.3 Å². The smallest absolute Gasteiger partial charge is 0.0594 e. The molecular formula is C13H19NO. The number of hydrogen-bond acceptors (Lipinski definition) is 2. The molecule has 1 heterocycles. The van der Waals surface area contributed by atoms with Crippen LogP contribution in [0.5, 0.6) is 0 Å². The fourth-order valence-electron chi connectivity index (χ4n) is 2.09. The van der Waals surface area contributed by atoms with Gasteiger partial charge in [0, 0.05) is 12.2 Å². The Bertz CT molecular complexity index is 352. The Morgan fingerprint density at radius 2 is 2.20 bits per heavy atom. The predicted octanol–water partition coefficient (Wildman–Crippen LogP) is 2.36. The molecule has 2 rings (SSSR count). The van der Waals surface area contributed by atoms with Gasteiger partial charge in [-0.25, -0.2) is 0 Å². The summed E-state index contributed by atoms with van der Waals surface area (Å²) in [7, 11) is 0. The molecule has 0 radical (unpaired) electrons. The van der Waals surface area contributed by atoms with E-state index in [4.69, 9.17) is 0 Å². The van der Waals surface area contributed by atoms with E-state index < -0.39 is 5.60 Å². The van der Waals surface area contributed by atoms with Crippen molar-refractivity contribution < 1.29 is 5.11 Å². The van der Waals surface area contributed by atoms with Crippen LogP contribution in [-0.2, 0) is 12.8 Å². The van der Waals surface area contributed by atoms with Crippen LogP contribution in [0.15, 0.2) is 18.2 Å². The zero-order chi connectivity index (χ0) is 10.9. The predicted molar refractivity (Wildman–Crippen MR) is 63.3 cm³/mol. The molecule has 0 aromatic heterocycles. The van der Waals surface area contributed by atoms with Crippen molar-refractivity contribution in [1.29, 1.82) is 0 Å². The first-order valence-electron chi connectivity index (χ1n) is 5.63. The lowest BCUT2D eigenvalue weighted by Gasteiger charge is -2.17. The molecule has 2 N–H and O–H groups in total. The summed E-state index contributed by atoms with van der Waals surface area (Å²) in [6, 6.07) is 6.41. The number of fused-ring (bicyclic) bond motifs is 1. The third-order valence-corrected chi connectivity index (χ3v) is 2.97. The second kappa shape index (κ2) is 3.86. The highest BCUT2D eigenvalue weighted by atomic mass is 16.3. The van der Waals surface area contributed by atoms with Crippen molar-refractivity contribution in [2.24, 2.45) is 0 Å². The minimum Gasteiger partial charge on any atom is -0.390 e. The molecule has 0 saturated heterocycles. The Morgan fingerprint density at radius 3 is 2.93 bits per heavy atom. The Hall–Kier alpha value is -1.02. The first-order valence-corrected chi connectivity index (χ1v) is 5.63. The van der Waals surface area contributed by atoms with Gasteiger partial charge in [0.2, 0.25) is 0 Å². The van der Waals surface area contributed by atoms with Crippen molar-refractivity contribution in [1.82, 2.24) is 0 Å². The van der Waals surface area contributed by atoms with Gasteiger partial charge < -0.3 is 10.4 Å². The molecular weight excluding hydrogens is 186 g/mol. The van der Waals surface area contributed by atoms with Crippen molar-refractivity contribution in [2.45, 2.75) is 38.7 Å². The summed E-state index contributed by atoms with van der Waals surface area (Å²) in [5.74, 6) is 0. The fraction of sp³-hybridized carbons (Fsp3) is 0.538. The maximum Gasteiger partial charge on any atom is 0.0594 e. The SMILES string of the molecule is CC(C)(O)CCc1cccc2c1CCN2. The molecule has 1 aromatic rings. The summed E-state index contributed by atoms with van der Waals surface area (Å²) in [4.78, 5) is 0. The van der Waals surface area contributed by atoms with Gasteiger partial charge in [0.1, 0.15) is 0 Å². The number of rotatable bonds is 3. The summed E-state index contributed by atoms with van der Waals surface area (Å²) < 4.78 is 0. The zero-order valence-electron chi connectivity index (χ0n) is 9.51. The normalized spacial score (nSPS) is 14.9. The lowest BCUT2D eigenvalue weighted by atomic mass is 9.95. The van der Waals surface area contributed by atoms with E-state index in [9.17, 15) is 5.11 Å². The Morgan fingerprint density at radius 1 is 1.40 bits per heavy atom. The molecule has 0 amide bonds. The number of aryl methyl sites for hydroxylation is 1. The standard InChI is InChI=1S/C13H19NO/c1-13(2,15)8-6-10-4-3-5-12-11(10)7-9-14-12/h3-5,14-15H,6-9H2,1-2H3. The van der Waals surface area contributed by atoms with Crippen LogP contribution >= 0.6 is 0 Å². The molecule has 0 fully saturated rings. The lowest BCUT2D eigenvalue weighted by molar-refractivity contribution is 0.0713. The largest absolute Gasteiger partial charge is 0.390 e. The van der Waals surface area contributed by atoms with Crippen molar-refractivity contribution >= 4 is 5.69 Å². The zero-order valence-corrected chi connectivity index (χ0v) is 9.51. The van der Waals surface area contributed by atoms with Crippen molar-refractivity contribution in [3.05, 3.63) is 29.3 Å². The minimum absolute atomic E-state index is 0.561. The molecule has 1 aliphatic heterocycles. The van der Waals surface area contributed by atoms with Crippen LogP contribution in [0.25, 0.3) is 0 Å². The second-order valence-corrected chi connectivity index (χ2v) is 4.93. The highest BCUT2D eigenvalue weighted by Gasteiger charge is 2.17. The molecule has 2 heteroatoms. The maximum absolute atomic E-state index is 9.71. The lowest BCUT2D eigenvalue weighted by Crippen LogP contribution is -2.19. The van der Waals surface area contributed by atoms with Crippen LogP contribution in [0.2, 0.25) is 0 Å². The molecule has 1 aromatic carbocycles. The van der Waals surface area contributed by atoms with E-state index in [1.807, 2.05) is 13.8 Å². The molecule has 0 spiro atoms. The quantitative estimate of drug-likeness (QED) is 0.794. The third-order valence-electron chi connectivity index (χ3n) is 2.97. The summed E-state index contributed by atoms with van der Waals surface area (Å²) in [5.41, 5.74) is 3.55. The summed E-state index contributed by atoms with van der Waals surface area (Å²) >= 11 is 0.